The predicted molar refractivity (Wildman–Crippen MR) is 48.8 cm³/mol. The van der Waals surface area contributed by atoms with Crippen molar-refractivity contribution in [1.29, 1.82) is 0 Å². The molecule has 0 radical (unpaired) electrons. The Morgan fingerprint density at radius 1 is 1.40 bits per heavy atom. The van der Waals surface area contributed by atoms with Gasteiger partial charge in [-0.25, -0.2) is 0 Å². The van der Waals surface area contributed by atoms with Crippen molar-refractivity contribution in [2.24, 2.45) is 0 Å². The number of hydrogen-bond donors (Lipinski definition) is 0. The summed E-state index contributed by atoms with van der Waals surface area (Å²) >= 11 is 5.89. The summed E-state index contributed by atoms with van der Waals surface area (Å²) in [5.74, 6) is 0. The van der Waals surface area contributed by atoms with Gasteiger partial charge in [-0.05, 0) is 18.6 Å². The molecule has 0 heterocycles. The van der Waals surface area contributed by atoms with Crippen LogP contribution in [0.25, 0.3) is 0 Å². The second-order valence-corrected chi connectivity index (χ2v) is 2.78. The molecule has 0 fully saturated rings. The van der Waals surface area contributed by atoms with E-state index in [0.717, 1.165) is 12.3 Å². The fourth-order valence-electron chi connectivity index (χ4n) is 1.04. The molecule has 1 aromatic carbocycles. The quantitative estimate of drug-likeness (QED) is 0.538. The van der Waals surface area contributed by atoms with Crippen LogP contribution in [0.1, 0.15) is 5.56 Å². The van der Waals surface area contributed by atoms with Gasteiger partial charge >= 0.3 is 0 Å². The molecule has 0 aliphatic rings. The first-order valence-corrected chi connectivity index (χ1v) is 3.87. The van der Waals surface area contributed by atoms with Gasteiger partial charge in [-0.2, -0.15) is 0 Å². The highest BCUT2D eigenvalue weighted by atomic mass is 35.5. The molecule has 52 valence electrons. The van der Waals surface area contributed by atoms with Gasteiger partial charge in [0.05, 0.1) is 0 Å². The van der Waals surface area contributed by atoms with Gasteiger partial charge in [-0.15, -0.1) is 0 Å². The summed E-state index contributed by atoms with van der Waals surface area (Å²) in [5.41, 5.74) is 2.55. The average Bonchev–Trinajstić information content (AvgIpc) is 1.95. The van der Waals surface area contributed by atoms with E-state index in [0.29, 0.717) is 0 Å². The molecule has 0 saturated heterocycles. The van der Waals surface area contributed by atoms with E-state index in [4.69, 9.17) is 11.6 Å². The lowest BCUT2D eigenvalue weighted by atomic mass is 9.71. The van der Waals surface area contributed by atoms with Gasteiger partial charge in [-0.3, -0.25) is 0 Å². The van der Waals surface area contributed by atoms with Crippen LogP contribution >= 0.6 is 11.6 Å². The second kappa shape index (κ2) is 3.11. The van der Waals surface area contributed by atoms with Crippen LogP contribution in [0.4, 0.5) is 0 Å². The van der Waals surface area contributed by atoms with E-state index in [-0.39, 0.29) is 0 Å². The maximum atomic E-state index is 5.89. The van der Waals surface area contributed by atoms with Gasteiger partial charge in [0.15, 0.2) is 7.28 Å². The Balaban J connectivity index is 3.14. The SMILES string of the molecule is CBc1cccc(Cl)c1C. The lowest BCUT2D eigenvalue weighted by molar-refractivity contribution is 1.51. The molecule has 2 heteroatoms. The highest BCUT2D eigenvalue weighted by Gasteiger charge is 1.98. The number of hydrogen-bond acceptors (Lipinski definition) is 0. The lowest BCUT2D eigenvalue weighted by Gasteiger charge is -2.02. The van der Waals surface area contributed by atoms with Crippen LogP contribution in [-0.2, 0) is 0 Å². The Kier molecular flexibility index (Phi) is 2.39. The molecule has 0 bridgehead atoms. The third kappa shape index (κ3) is 1.35. The first kappa shape index (κ1) is 7.68. The Bertz CT molecular complexity index is 233. The zero-order valence-corrected chi connectivity index (χ0v) is 7.07. The third-order valence-corrected chi connectivity index (χ3v) is 2.17. The maximum Gasteiger partial charge on any atom is 0.154 e. The van der Waals surface area contributed by atoms with Gasteiger partial charge in [0.1, 0.15) is 0 Å². The minimum atomic E-state index is 0.874. The molecule has 0 aromatic heterocycles. The maximum absolute atomic E-state index is 5.89. The largest absolute Gasteiger partial charge is 0.154 e. The van der Waals surface area contributed by atoms with Crippen molar-refractivity contribution in [2.75, 3.05) is 0 Å². The van der Waals surface area contributed by atoms with Crippen LogP contribution in [0.3, 0.4) is 0 Å². The van der Waals surface area contributed by atoms with E-state index >= 15 is 0 Å². The molecular weight excluding hydrogens is 142 g/mol. The lowest BCUT2D eigenvalue weighted by Crippen LogP contribution is -2.13. The van der Waals surface area contributed by atoms with Crippen LogP contribution in [0.5, 0.6) is 0 Å². The number of benzene rings is 1. The molecule has 0 aliphatic heterocycles. The van der Waals surface area contributed by atoms with E-state index in [9.17, 15) is 0 Å². The van der Waals surface area contributed by atoms with Crippen molar-refractivity contribution in [3.8, 4) is 0 Å². The third-order valence-electron chi connectivity index (χ3n) is 1.76. The summed E-state index contributed by atoms with van der Waals surface area (Å²) in [5, 5.41) is 0.874. The molecule has 0 aliphatic carbocycles. The number of rotatable bonds is 1. The Morgan fingerprint density at radius 3 is 2.60 bits per heavy atom. The van der Waals surface area contributed by atoms with Gasteiger partial charge in [-0.1, -0.05) is 36.0 Å². The topological polar surface area (TPSA) is 0 Å². The van der Waals surface area contributed by atoms with E-state index in [2.05, 4.69) is 19.8 Å². The van der Waals surface area contributed by atoms with Crippen LogP contribution < -0.4 is 5.46 Å². The molecule has 1 aromatic rings. The molecule has 0 saturated carbocycles. The Labute approximate surface area is 67.5 Å². The molecule has 0 nitrogen and oxygen atoms in total. The minimum absolute atomic E-state index is 0.874. The zero-order valence-electron chi connectivity index (χ0n) is 6.32. The zero-order chi connectivity index (χ0) is 7.56. The van der Waals surface area contributed by atoms with Crippen molar-refractivity contribution in [3.05, 3.63) is 28.8 Å². The fraction of sp³-hybridized carbons (Fsp3) is 0.250. The Morgan fingerprint density at radius 2 is 2.10 bits per heavy atom. The monoisotopic (exact) mass is 152 g/mol. The van der Waals surface area contributed by atoms with Crippen molar-refractivity contribution in [3.63, 3.8) is 0 Å². The summed E-state index contributed by atoms with van der Waals surface area (Å²) in [7, 11) is 1.06. The van der Waals surface area contributed by atoms with Crippen molar-refractivity contribution >= 4 is 24.3 Å². The molecule has 0 N–H and O–H groups in total. The summed E-state index contributed by atoms with van der Waals surface area (Å²) < 4.78 is 0. The average molecular weight is 152 g/mol. The van der Waals surface area contributed by atoms with Gasteiger partial charge < -0.3 is 0 Å². The molecule has 0 unspecified atom stereocenters. The molecule has 0 amide bonds. The Hall–Kier alpha value is -0.425. The summed E-state index contributed by atoms with van der Waals surface area (Å²) in [4.78, 5) is 0. The standard InChI is InChI=1S/C8H10BCl/c1-6-7(9-2)4-3-5-8(6)10/h3-5,9H,1-2H3. The smallest absolute Gasteiger partial charge is 0.0849 e. The van der Waals surface area contributed by atoms with Crippen LogP contribution in [0.15, 0.2) is 18.2 Å². The molecule has 0 spiro atoms. The van der Waals surface area contributed by atoms with Crippen LogP contribution in [0, 0.1) is 6.92 Å². The minimum Gasteiger partial charge on any atom is -0.0849 e. The molecular formula is C8H10BCl. The van der Waals surface area contributed by atoms with Gasteiger partial charge in [0.25, 0.3) is 0 Å². The molecule has 10 heavy (non-hydrogen) atoms. The normalized spacial score (nSPS) is 9.50. The summed E-state index contributed by atoms with van der Waals surface area (Å²) in [6.45, 7) is 4.19. The summed E-state index contributed by atoms with van der Waals surface area (Å²) in [6, 6.07) is 6.03. The molecule has 0 atom stereocenters. The van der Waals surface area contributed by atoms with Crippen molar-refractivity contribution in [2.45, 2.75) is 13.7 Å². The summed E-state index contributed by atoms with van der Waals surface area (Å²) in [6.07, 6.45) is 0. The van der Waals surface area contributed by atoms with Crippen molar-refractivity contribution in [1.82, 2.24) is 0 Å². The fourth-order valence-corrected chi connectivity index (χ4v) is 1.23. The molecule has 1 rings (SSSR count). The predicted octanol–water partition coefficient (Wildman–Crippen LogP) is 1.76. The second-order valence-electron chi connectivity index (χ2n) is 2.38. The van der Waals surface area contributed by atoms with Gasteiger partial charge in [0, 0.05) is 5.02 Å². The van der Waals surface area contributed by atoms with E-state index in [1.54, 1.807) is 0 Å². The number of halogens is 1. The van der Waals surface area contributed by atoms with Crippen molar-refractivity contribution < 1.29 is 0 Å². The highest BCUT2D eigenvalue weighted by Crippen LogP contribution is 2.10. The van der Waals surface area contributed by atoms with Crippen LogP contribution in [0.2, 0.25) is 11.8 Å². The van der Waals surface area contributed by atoms with E-state index < -0.39 is 0 Å². The first-order valence-electron chi connectivity index (χ1n) is 3.49. The first-order chi connectivity index (χ1) is 4.75. The van der Waals surface area contributed by atoms with Gasteiger partial charge in [0.2, 0.25) is 0 Å². The van der Waals surface area contributed by atoms with E-state index in [1.165, 1.54) is 11.0 Å². The van der Waals surface area contributed by atoms with E-state index in [1.807, 2.05) is 12.1 Å². The highest BCUT2D eigenvalue weighted by molar-refractivity contribution is 6.53. The van der Waals surface area contributed by atoms with Crippen LogP contribution in [-0.4, -0.2) is 7.28 Å².